The van der Waals surface area contributed by atoms with E-state index in [1.807, 2.05) is 0 Å². The van der Waals surface area contributed by atoms with Gasteiger partial charge in [0.25, 0.3) is 0 Å². The number of pyridine rings is 2. The molecule has 266 valence electrons. The molecule has 0 N–H and O–H groups in total. The molecular weight excluding hydrogens is 701 g/mol. The molecule has 0 aliphatic rings. The third-order valence-corrected chi connectivity index (χ3v) is 9.46. The molecule has 0 saturated carbocycles. The third-order valence-electron chi connectivity index (χ3n) is 9.46. The first-order valence-electron chi connectivity index (χ1n) is 28.6. The van der Waals surface area contributed by atoms with Crippen LogP contribution < -0.4 is 0 Å². The van der Waals surface area contributed by atoms with Gasteiger partial charge in [-0.2, -0.15) is 9.97 Å². The van der Waals surface area contributed by atoms with E-state index in [1.54, 1.807) is 0 Å². The van der Waals surface area contributed by atoms with Crippen molar-refractivity contribution in [2.24, 2.45) is 0 Å². The first-order valence-corrected chi connectivity index (χ1v) is 17.1. The molecule has 0 atom stereocenters. The SMILES string of the molecule is [2H]c1cc(-n2c3cccnc3c3c([2H])c([2H])c([2H])c([2H])c32)c(-n2c3cccnc3c3c([2H])c([2H])c([2H])c([2H])c32)c(-c2nc(-c3c([2H])c([2H])c([2H])c([2H])c3[2H])nc(-n3c4c([2H])c([2H])c([2H])c([2H])c4c4c([2H])c([2H])c([2H])c([2H])c43)n2)c1[2H]. The van der Waals surface area contributed by atoms with Crippen LogP contribution in [0.1, 0.15) is 31.5 Å². The van der Waals surface area contributed by atoms with Crippen LogP contribution in [-0.4, -0.2) is 38.6 Å². The number of rotatable bonds is 5. The standard InChI is InChI=1S/C49H30N8/c1-2-15-31(16-3-1)47-52-48(54-49(53-47)57-37-22-8-4-17-32(37)33-18-5-9-23-38(33)57)36-21-12-26-43(55-39-24-10-6-19-34(39)44-41(55)27-13-29-50-44)46(36)56-40-25-11-7-20-35(40)45-42(56)28-14-30-51-45/h1-30H/i1D,2D,3D,4D,5D,6D,7D,8D,9D,10D,11D,12D,15D,16D,17D,18D,19D,20D,21D,22D,23D,24D,25D. The summed E-state index contributed by atoms with van der Waals surface area (Å²) in [5.74, 6) is -2.35. The summed E-state index contributed by atoms with van der Waals surface area (Å²) in [5, 5.41) is -1.12. The molecule has 0 unspecified atom stereocenters. The van der Waals surface area contributed by atoms with Gasteiger partial charge in [-0.15, -0.1) is 0 Å². The Hall–Kier alpha value is -7.97. The van der Waals surface area contributed by atoms with Crippen LogP contribution in [0.15, 0.2) is 182 Å². The fraction of sp³-hybridized carbons (Fsp3) is 0. The van der Waals surface area contributed by atoms with E-state index in [9.17, 15) is 9.60 Å². The number of hydrogen-bond acceptors (Lipinski definition) is 5. The Bertz CT molecular complexity index is 4790. The van der Waals surface area contributed by atoms with Gasteiger partial charge in [-0.3, -0.25) is 14.5 Å². The summed E-state index contributed by atoms with van der Waals surface area (Å²) in [5.41, 5.74) is -3.36. The highest BCUT2D eigenvalue weighted by Gasteiger charge is 2.25. The van der Waals surface area contributed by atoms with Crippen molar-refractivity contribution in [1.82, 2.24) is 38.6 Å². The summed E-state index contributed by atoms with van der Waals surface area (Å²) in [4.78, 5) is 23.1. The number of fused-ring (bicyclic) bond motifs is 9. The molecule has 57 heavy (non-hydrogen) atoms. The molecule has 12 aromatic rings. The fourth-order valence-electron chi connectivity index (χ4n) is 7.21. The van der Waals surface area contributed by atoms with Crippen LogP contribution in [0.4, 0.5) is 0 Å². The second kappa shape index (κ2) is 12.3. The predicted octanol–water partition coefficient (Wildman–Crippen LogP) is 11.3. The van der Waals surface area contributed by atoms with Gasteiger partial charge in [0, 0.05) is 45.1 Å². The quantitative estimate of drug-likeness (QED) is 0.175. The van der Waals surface area contributed by atoms with Crippen molar-refractivity contribution in [1.29, 1.82) is 0 Å². The van der Waals surface area contributed by atoms with Gasteiger partial charge < -0.3 is 9.13 Å². The van der Waals surface area contributed by atoms with E-state index >= 15 is 0 Å². The van der Waals surface area contributed by atoms with Gasteiger partial charge in [-0.25, -0.2) is 4.98 Å². The minimum Gasteiger partial charge on any atom is -0.305 e. The lowest BCUT2D eigenvalue weighted by Crippen LogP contribution is -2.10. The lowest BCUT2D eigenvalue weighted by atomic mass is 10.1. The number of nitrogens with zero attached hydrogens (tertiary/aromatic N) is 8. The summed E-state index contributed by atoms with van der Waals surface area (Å²) in [6, 6.07) is -10.1. The van der Waals surface area contributed by atoms with Gasteiger partial charge in [-0.05, 0) is 60.5 Å². The van der Waals surface area contributed by atoms with Crippen molar-refractivity contribution in [2.45, 2.75) is 0 Å². The van der Waals surface area contributed by atoms with Crippen LogP contribution in [0.2, 0.25) is 0 Å². The van der Waals surface area contributed by atoms with Crippen LogP contribution >= 0.6 is 0 Å². The molecule has 0 aliphatic carbocycles. The molecule has 0 aliphatic heterocycles. The maximum Gasteiger partial charge on any atom is 0.238 e. The van der Waals surface area contributed by atoms with Crippen molar-refractivity contribution in [2.75, 3.05) is 0 Å². The Morgan fingerprint density at radius 3 is 1.54 bits per heavy atom. The first kappa shape index (κ1) is 16.4. The van der Waals surface area contributed by atoms with Crippen molar-refractivity contribution < 1.29 is 31.5 Å². The van der Waals surface area contributed by atoms with Crippen molar-refractivity contribution >= 4 is 65.7 Å². The molecule has 6 aromatic carbocycles. The lowest BCUT2D eigenvalue weighted by molar-refractivity contribution is 0.950. The zero-order chi connectivity index (χ0) is 57.5. The van der Waals surface area contributed by atoms with Gasteiger partial charge in [0.2, 0.25) is 5.95 Å². The number of benzene rings is 6. The van der Waals surface area contributed by atoms with E-state index in [0.29, 0.717) is 0 Å². The van der Waals surface area contributed by atoms with Crippen LogP contribution in [0, 0.1) is 0 Å². The zero-order valence-corrected chi connectivity index (χ0v) is 28.6. The molecule has 0 radical (unpaired) electrons. The second-order valence-electron chi connectivity index (χ2n) is 12.4. The fourth-order valence-corrected chi connectivity index (χ4v) is 7.21. The Balaban J connectivity index is 1.39. The van der Waals surface area contributed by atoms with Gasteiger partial charge >= 0.3 is 0 Å². The molecule has 6 aromatic heterocycles. The smallest absolute Gasteiger partial charge is 0.238 e. The predicted molar refractivity (Wildman–Crippen MR) is 229 cm³/mol. The number of aromatic nitrogens is 8. The molecule has 0 fully saturated rings. The molecule has 0 saturated heterocycles. The first-order chi connectivity index (χ1) is 37.8. The summed E-state index contributed by atoms with van der Waals surface area (Å²) < 4.78 is 211. The van der Waals surface area contributed by atoms with E-state index in [1.165, 1.54) is 45.8 Å². The topological polar surface area (TPSA) is 79.2 Å². The summed E-state index contributed by atoms with van der Waals surface area (Å²) in [7, 11) is 0. The molecule has 12 rings (SSSR count). The molecule has 8 heteroatoms. The zero-order valence-electron chi connectivity index (χ0n) is 51.6. The van der Waals surface area contributed by atoms with E-state index < -0.39 is 190 Å². The summed E-state index contributed by atoms with van der Waals surface area (Å²) in [6.07, 6.45) is 2.73. The summed E-state index contributed by atoms with van der Waals surface area (Å²) in [6.45, 7) is 0. The number of hydrogen-bond donors (Lipinski definition) is 0. The molecular formula is C49H30N8. The van der Waals surface area contributed by atoms with Crippen molar-refractivity contribution in [3.8, 4) is 40.1 Å². The van der Waals surface area contributed by atoms with Crippen LogP contribution in [0.25, 0.3) is 106 Å². The summed E-state index contributed by atoms with van der Waals surface area (Å²) >= 11 is 0. The van der Waals surface area contributed by atoms with E-state index in [2.05, 4.69) is 15.0 Å². The van der Waals surface area contributed by atoms with Gasteiger partial charge in [0.1, 0.15) is 0 Å². The maximum absolute atomic E-state index is 9.96. The second-order valence-corrected chi connectivity index (χ2v) is 12.4. The Labute approximate surface area is 357 Å². The maximum atomic E-state index is 9.96. The van der Waals surface area contributed by atoms with Gasteiger partial charge in [0.15, 0.2) is 11.6 Å². The third kappa shape index (κ3) is 4.64. The molecule has 6 heterocycles. The van der Waals surface area contributed by atoms with Crippen LogP contribution in [0.5, 0.6) is 0 Å². The van der Waals surface area contributed by atoms with Crippen LogP contribution in [-0.2, 0) is 0 Å². The normalized spacial score (nSPS) is 17.5. The Kier molecular flexibility index (Phi) is 3.53. The van der Waals surface area contributed by atoms with Gasteiger partial charge in [-0.1, -0.05) is 109 Å². The Morgan fingerprint density at radius 2 is 0.912 bits per heavy atom. The van der Waals surface area contributed by atoms with Crippen LogP contribution in [0.3, 0.4) is 0 Å². The van der Waals surface area contributed by atoms with Gasteiger partial charge in [0.05, 0.1) is 87.0 Å². The van der Waals surface area contributed by atoms with E-state index in [0.717, 1.165) is 10.6 Å². The lowest BCUT2D eigenvalue weighted by Gasteiger charge is -2.20. The monoisotopic (exact) mass is 753 g/mol. The van der Waals surface area contributed by atoms with Crippen molar-refractivity contribution in [3.05, 3.63) is 182 Å². The average molecular weight is 754 g/mol. The molecule has 0 amide bonds. The minimum absolute atomic E-state index is 0.0180. The van der Waals surface area contributed by atoms with Crippen molar-refractivity contribution in [3.63, 3.8) is 0 Å². The Morgan fingerprint density at radius 1 is 0.404 bits per heavy atom. The minimum atomic E-state index is -0.886. The number of para-hydroxylation sites is 5. The molecule has 0 bridgehead atoms. The highest BCUT2D eigenvalue weighted by atomic mass is 15.2. The molecule has 8 nitrogen and oxygen atoms in total. The molecule has 0 spiro atoms. The largest absolute Gasteiger partial charge is 0.305 e. The average Bonchev–Trinajstić information content (AvgIpc) is 2.37. The highest BCUT2D eigenvalue weighted by Crippen LogP contribution is 2.41. The van der Waals surface area contributed by atoms with E-state index in [4.69, 9.17) is 31.9 Å². The highest BCUT2D eigenvalue weighted by molar-refractivity contribution is 6.11. The van der Waals surface area contributed by atoms with E-state index in [-0.39, 0.29) is 55.2 Å².